The molecule has 0 radical (unpaired) electrons. The van der Waals surface area contributed by atoms with Gasteiger partial charge in [-0.05, 0) is 63.7 Å². The van der Waals surface area contributed by atoms with Crippen LogP contribution in [-0.4, -0.2) is 54.9 Å². The molecule has 1 heterocycles. The largest absolute Gasteiger partial charge is 0.357 e. The van der Waals surface area contributed by atoms with Crippen LogP contribution in [0.4, 0.5) is 0 Å². The maximum absolute atomic E-state index is 4.93. The first-order valence-corrected chi connectivity index (χ1v) is 11.0. The number of rotatable bonds is 8. The fraction of sp³-hybridized carbons (Fsp3) is 0.667. The van der Waals surface area contributed by atoms with Crippen molar-refractivity contribution in [2.24, 2.45) is 10.9 Å². The van der Waals surface area contributed by atoms with E-state index in [1.54, 1.807) is 0 Å². The summed E-state index contributed by atoms with van der Waals surface area (Å²) in [7, 11) is 0. The van der Waals surface area contributed by atoms with Gasteiger partial charge in [-0.2, -0.15) is 0 Å². The van der Waals surface area contributed by atoms with Gasteiger partial charge in [0.2, 0.25) is 0 Å². The van der Waals surface area contributed by atoms with Crippen LogP contribution < -0.4 is 10.6 Å². The predicted octanol–water partition coefficient (Wildman–Crippen LogP) is 3.60. The first-order valence-electron chi connectivity index (χ1n) is 10.2. The molecule has 0 bridgehead atoms. The van der Waals surface area contributed by atoms with Crippen molar-refractivity contribution in [2.45, 2.75) is 49.2 Å². The molecule has 2 N–H and O–H groups in total. The van der Waals surface area contributed by atoms with E-state index in [9.17, 15) is 0 Å². The van der Waals surface area contributed by atoms with Gasteiger partial charge in [-0.25, -0.2) is 0 Å². The van der Waals surface area contributed by atoms with E-state index in [-0.39, 0.29) is 0 Å². The number of hydrogen-bond acceptors (Lipinski definition) is 3. The molecule has 0 amide bonds. The zero-order valence-electron chi connectivity index (χ0n) is 16.3. The lowest BCUT2D eigenvalue weighted by Gasteiger charge is -2.32. The minimum absolute atomic E-state index is 0.313. The van der Waals surface area contributed by atoms with Crippen molar-refractivity contribution >= 4 is 17.7 Å². The normalized spacial score (nSPS) is 22.8. The molecule has 3 rings (SSSR count). The molecule has 1 atom stereocenters. The van der Waals surface area contributed by atoms with Gasteiger partial charge < -0.3 is 15.5 Å². The van der Waals surface area contributed by atoms with Gasteiger partial charge >= 0.3 is 0 Å². The monoisotopic (exact) mass is 374 g/mol. The highest BCUT2D eigenvalue weighted by atomic mass is 32.2. The quantitative estimate of drug-likeness (QED) is 0.539. The summed E-state index contributed by atoms with van der Waals surface area (Å²) in [4.78, 5) is 8.85. The molecule has 2 fully saturated rings. The molecule has 1 aliphatic carbocycles. The number of thioether (sulfide) groups is 1. The van der Waals surface area contributed by atoms with E-state index in [2.05, 4.69) is 59.7 Å². The van der Waals surface area contributed by atoms with Gasteiger partial charge in [0.25, 0.3) is 0 Å². The molecule has 0 aromatic heterocycles. The van der Waals surface area contributed by atoms with Gasteiger partial charge in [0.05, 0.1) is 6.54 Å². The highest BCUT2D eigenvalue weighted by Gasteiger charge is 2.43. The molecular formula is C21H34N4S. The summed E-state index contributed by atoms with van der Waals surface area (Å²) in [5, 5.41) is 7.03. The van der Waals surface area contributed by atoms with E-state index in [1.807, 2.05) is 11.8 Å². The lowest BCUT2D eigenvalue weighted by atomic mass is 9.98. The number of aliphatic imine (C=N–C) groups is 1. The molecule has 0 spiro atoms. The van der Waals surface area contributed by atoms with Crippen LogP contribution in [0.2, 0.25) is 0 Å². The molecule has 4 nitrogen and oxygen atoms in total. The van der Waals surface area contributed by atoms with E-state index >= 15 is 0 Å². The van der Waals surface area contributed by atoms with Gasteiger partial charge in [0.15, 0.2) is 5.96 Å². The zero-order valence-corrected chi connectivity index (χ0v) is 17.2. The van der Waals surface area contributed by atoms with Crippen LogP contribution in [0.3, 0.4) is 0 Å². The Morgan fingerprint density at radius 2 is 2.04 bits per heavy atom. The molecule has 1 saturated heterocycles. The number of benzene rings is 1. The molecule has 1 aliphatic heterocycles. The summed E-state index contributed by atoms with van der Waals surface area (Å²) in [5.74, 6) is 1.72. The predicted molar refractivity (Wildman–Crippen MR) is 113 cm³/mol. The highest BCUT2D eigenvalue weighted by Crippen LogP contribution is 2.51. The molecular weight excluding hydrogens is 340 g/mol. The Hall–Kier alpha value is -1.20. The second-order valence-corrected chi connectivity index (χ2v) is 9.12. The third-order valence-corrected chi connectivity index (χ3v) is 6.84. The number of guanidine groups is 1. The molecule has 1 unspecified atom stereocenters. The van der Waals surface area contributed by atoms with Crippen LogP contribution in [-0.2, 0) is 0 Å². The van der Waals surface area contributed by atoms with Crippen molar-refractivity contribution in [1.82, 2.24) is 15.5 Å². The average molecular weight is 375 g/mol. The Balaban J connectivity index is 1.50. The topological polar surface area (TPSA) is 39.7 Å². The summed E-state index contributed by atoms with van der Waals surface area (Å²) in [6.07, 6.45) is 5.19. The molecule has 5 heteroatoms. The molecule has 144 valence electrons. The third-order valence-electron chi connectivity index (χ3n) is 5.36. The van der Waals surface area contributed by atoms with Gasteiger partial charge in [-0.15, -0.1) is 11.8 Å². The molecule has 1 aromatic rings. The Bertz CT molecular complexity index is 571. The maximum atomic E-state index is 4.93. The first kappa shape index (κ1) is 19.6. The smallest absolute Gasteiger partial charge is 0.191 e. The second-order valence-electron chi connectivity index (χ2n) is 7.58. The Morgan fingerprint density at radius 1 is 1.23 bits per heavy atom. The van der Waals surface area contributed by atoms with E-state index in [4.69, 9.17) is 4.99 Å². The zero-order chi connectivity index (χ0) is 18.2. The fourth-order valence-corrected chi connectivity index (χ4v) is 4.81. The number of nitrogens with zero attached hydrogens (tertiary/aromatic N) is 2. The van der Waals surface area contributed by atoms with E-state index in [0.717, 1.165) is 31.5 Å². The average Bonchev–Trinajstić information content (AvgIpc) is 3.44. The summed E-state index contributed by atoms with van der Waals surface area (Å²) in [6.45, 7) is 10.9. The highest BCUT2D eigenvalue weighted by molar-refractivity contribution is 8.01. The van der Waals surface area contributed by atoms with E-state index < -0.39 is 0 Å². The summed E-state index contributed by atoms with van der Waals surface area (Å²) >= 11 is 2.00. The molecule has 2 aliphatic rings. The lowest BCUT2D eigenvalue weighted by molar-refractivity contribution is 0.183. The minimum Gasteiger partial charge on any atom is -0.357 e. The summed E-state index contributed by atoms with van der Waals surface area (Å²) < 4.78 is 0.313. The first-order chi connectivity index (χ1) is 12.7. The van der Waals surface area contributed by atoms with Crippen molar-refractivity contribution < 1.29 is 0 Å². The van der Waals surface area contributed by atoms with Crippen LogP contribution >= 0.6 is 11.8 Å². The van der Waals surface area contributed by atoms with Crippen molar-refractivity contribution in [3.8, 4) is 0 Å². The van der Waals surface area contributed by atoms with Crippen molar-refractivity contribution in [2.75, 3.05) is 39.3 Å². The van der Waals surface area contributed by atoms with Crippen LogP contribution in [0.5, 0.6) is 0 Å². The van der Waals surface area contributed by atoms with E-state index in [1.165, 1.54) is 50.2 Å². The molecule has 1 aromatic carbocycles. The third kappa shape index (κ3) is 5.92. The van der Waals surface area contributed by atoms with Crippen LogP contribution in [0.25, 0.3) is 0 Å². The standard InChI is InChI=1S/C21H34N4S/c1-3-22-20(23-15-18-9-8-14-25(4-2)16-18)24-17-21(12-13-21)26-19-10-6-5-7-11-19/h5-7,10-11,18H,3-4,8-9,12-17H2,1-2H3,(H2,22,23,24). The van der Waals surface area contributed by atoms with Crippen molar-refractivity contribution in [3.63, 3.8) is 0 Å². The van der Waals surface area contributed by atoms with E-state index in [0.29, 0.717) is 4.75 Å². The molecule has 26 heavy (non-hydrogen) atoms. The number of piperidine rings is 1. The Labute approximate surface area is 163 Å². The minimum atomic E-state index is 0.313. The Morgan fingerprint density at radius 3 is 2.73 bits per heavy atom. The fourth-order valence-electron chi connectivity index (χ4n) is 3.58. The van der Waals surface area contributed by atoms with Gasteiger partial charge in [-0.1, -0.05) is 25.1 Å². The number of nitrogens with one attached hydrogen (secondary N) is 2. The van der Waals surface area contributed by atoms with Gasteiger partial charge in [0, 0.05) is 29.3 Å². The van der Waals surface area contributed by atoms with Crippen molar-refractivity contribution in [3.05, 3.63) is 30.3 Å². The number of likely N-dealkylation sites (tertiary alicyclic amines) is 1. The second kappa shape index (κ2) is 9.65. The number of hydrogen-bond donors (Lipinski definition) is 2. The molecule has 1 saturated carbocycles. The summed E-state index contributed by atoms with van der Waals surface area (Å²) in [6, 6.07) is 10.7. The van der Waals surface area contributed by atoms with Crippen LogP contribution in [0.1, 0.15) is 39.5 Å². The van der Waals surface area contributed by atoms with Crippen LogP contribution in [0.15, 0.2) is 40.2 Å². The van der Waals surface area contributed by atoms with Gasteiger partial charge in [0.1, 0.15) is 0 Å². The van der Waals surface area contributed by atoms with Crippen LogP contribution in [0, 0.1) is 5.92 Å². The van der Waals surface area contributed by atoms with Crippen molar-refractivity contribution in [1.29, 1.82) is 0 Å². The SMILES string of the molecule is CCNC(=NCC1(Sc2ccccc2)CC1)NCC1CCCN(CC)C1. The van der Waals surface area contributed by atoms with Gasteiger partial charge in [-0.3, -0.25) is 4.99 Å². The summed E-state index contributed by atoms with van der Waals surface area (Å²) in [5.41, 5.74) is 0. The Kier molecular flexibility index (Phi) is 7.26. The lowest BCUT2D eigenvalue weighted by Crippen LogP contribution is -2.44. The maximum Gasteiger partial charge on any atom is 0.191 e.